The molecule has 0 aromatic carbocycles. The number of hydrogen-bond donors (Lipinski definition) is 1. The second-order valence-electron chi connectivity index (χ2n) is 5.78. The molecule has 0 aromatic heterocycles. The van der Waals surface area contributed by atoms with Crippen LogP contribution in [0.3, 0.4) is 0 Å². The summed E-state index contributed by atoms with van der Waals surface area (Å²) in [6.45, 7) is 9.08. The van der Waals surface area contributed by atoms with Crippen LogP contribution >= 0.6 is 7.82 Å². The Labute approximate surface area is 122 Å². The van der Waals surface area contributed by atoms with Gasteiger partial charge in [-0.1, -0.05) is 0 Å². The molecule has 0 amide bonds. The number of hydrogen-bond acceptors (Lipinski definition) is 5. The topological polar surface area (TPSA) is 74.2 Å². The fourth-order valence-corrected chi connectivity index (χ4v) is 3.21. The van der Waals surface area contributed by atoms with Crippen molar-refractivity contribution in [3.05, 3.63) is 0 Å². The zero-order valence-electron chi connectivity index (χ0n) is 12.7. The van der Waals surface area contributed by atoms with Gasteiger partial charge in [-0.25, -0.2) is 4.57 Å². The molecule has 0 saturated carbocycles. The highest BCUT2D eigenvalue weighted by molar-refractivity contribution is 7.47. The molecule has 0 spiro atoms. The predicted molar refractivity (Wildman–Crippen MR) is 75.7 cm³/mol. The maximum atomic E-state index is 11.9. The van der Waals surface area contributed by atoms with Gasteiger partial charge in [-0.05, 0) is 41.0 Å². The Kier molecular flexibility index (Phi) is 6.26. The first-order valence-electron chi connectivity index (χ1n) is 6.78. The van der Waals surface area contributed by atoms with E-state index >= 15 is 0 Å². The molecule has 1 N–H and O–H groups in total. The van der Waals surface area contributed by atoms with E-state index in [2.05, 4.69) is 0 Å². The van der Waals surface area contributed by atoms with Crippen molar-refractivity contribution in [3.8, 4) is 0 Å². The quantitative estimate of drug-likeness (QED) is 0.573. The highest BCUT2D eigenvalue weighted by Crippen LogP contribution is 2.50. The van der Waals surface area contributed by atoms with Crippen LogP contribution < -0.4 is 0 Å². The largest absolute Gasteiger partial charge is 0.472 e. The molecule has 8 heteroatoms. The molecule has 2 radical (unpaired) electrons. The number of phosphoric ester groups is 1. The van der Waals surface area contributed by atoms with Gasteiger partial charge in [0.05, 0.1) is 18.8 Å². The maximum absolute atomic E-state index is 11.9. The van der Waals surface area contributed by atoms with Crippen LogP contribution in [0, 0.1) is 0 Å². The Bertz CT molecular complexity index is 364. The SMILES string of the molecule is [B][C@H]1C[C@H](OP(=O)(O)OC(C)C)[C@@](C)(COC(C)C)O1. The van der Waals surface area contributed by atoms with E-state index in [4.69, 9.17) is 26.4 Å². The van der Waals surface area contributed by atoms with Crippen molar-refractivity contribution >= 4 is 15.7 Å². The lowest BCUT2D eigenvalue weighted by atomic mass is 9.93. The molecular formula is C12H24BO6P. The molecule has 1 fully saturated rings. The van der Waals surface area contributed by atoms with Gasteiger partial charge in [0.25, 0.3) is 0 Å². The Balaban J connectivity index is 2.72. The lowest BCUT2D eigenvalue weighted by Crippen LogP contribution is -2.43. The van der Waals surface area contributed by atoms with E-state index in [9.17, 15) is 9.46 Å². The first-order valence-corrected chi connectivity index (χ1v) is 8.28. The number of ether oxygens (including phenoxy) is 2. The number of rotatable bonds is 7. The summed E-state index contributed by atoms with van der Waals surface area (Å²) in [7, 11) is 1.61. The minimum atomic E-state index is -4.14. The first kappa shape index (κ1) is 18.1. The highest BCUT2D eigenvalue weighted by atomic mass is 31.2. The maximum Gasteiger partial charge on any atom is 0.472 e. The predicted octanol–water partition coefficient (Wildman–Crippen LogP) is 2.00. The van der Waals surface area contributed by atoms with Gasteiger partial charge in [-0.2, -0.15) is 0 Å². The van der Waals surface area contributed by atoms with E-state index in [1.165, 1.54) is 0 Å². The minimum absolute atomic E-state index is 0.0146. The van der Waals surface area contributed by atoms with Crippen molar-refractivity contribution in [2.45, 2.75) is 71.0 Å². The van der Waals surface area contributed by atoms with E-state index in [0.717, 1.165) is 0 Å². The fourth-order valence-electron chi connectivity index (χ4n) is 2.00. The van der Waals surface area contributed by atoms with Gasteiger partial charge in [0.15, 0.2) is 0 Å². The normalized spacial score (nSPS) is 33.8. The summed E-state index contributed by atoms with van der Waals surface area (Å²) in [6.07, 6.45) is -0.754. The number of phosphoric acid groups is 1. The summed E-state index contributed by atoms with van der Waals surface area (Å²) >= 11 is 0. The molecule has 0 aliphatic carbocycles. The molecule has 1 saturated heterocycles. The highest BCUT2D eigenvalue weighted by Gasteiger charge is 2.48. The standard InChI is InChI=1S/C12H24BO6P/c1-8(2)16-7-12(5)10(6-11(13)17-12)19-20(14,15)18-9(3)4/h8-11H,6-7H2,1-5H3,(H,14,15)/t10-,11+,12+/m0/s1. The second kappa shape index (κ2) is 6.90. The van der Waals surface area contributed by atoms with Crippen LogP contribution in [-0.2, 0) is 23.1 Å². The van der Waals surface area contributed by atoms with Gasteiger partial charge in [0.1, 0.15) is 19.6 Å². The molecular weight excluding hydrogens is 282 g/mol. The Hall–Kier alpha value is 0.0949. The van der Waals surface area contributed by atoms with Crippen LogP contribution in [0.25, 0.3) is 0 Å². The van der Waals surface area contributed by atoms with Crippen LogP contribution in [0.1, 0.15) is 41.0 Å². The third-order valence-corrected chi connectivity index (χ3v) is 4.06. The fraction of sp³-hybridized carbons (Fsp3) is 1.00. The molecule has 1 rings (SSSR count). The summed E-state index contributed by atoms with van der Waals surface area (Å²) in [5.74, 6) is 0. The van der Waals surface area contributed by atoms with Crippen molar-refractivity contribution in [2.24, 2.45) is 0 Å². The third-order valence-electron chi connectivity index (χ3n) is 2.86. The van der Waals surface area contributed by atoms with E-state index in [1.54, 1.807) is 20.8 Å². The van der Waals surface area contributed by atoms with Crippen LogP contribution in [0.5, 0.6) is 0 Å². The van der Waals surface area contributed by atoms with Gasteiger partial charge in [-0.15, -0.1) is 0 Å². The van der Waals surface area contributed by atoms with E-state index in [0.29, 0.717) is 6.42 Å². The molecule has 20 heavy (non-hydrogen) atoms. The first-order chi connectivity index (χ1) is 9.04. The third kappa shape index (κ3) is 5.47. The second-order valence-corrected chi connectivity index (χ2v) is 7.14. The van der Waals surface area contributed by atoms with Crippen molar-refractivity contribution < 1.29 is 28.0 Å². The van der Waals surface area contributed by atoms with Crippen molar-refractivity contribution in [1.82, 2.24) is 0 Å². The van der Waals surface area contributed by atoms with Gasteiger partial charge < -0.3 is 14.4 Å². The Morgan fingerprint density at radius 2 is 2.00 bits per heavy atom. The lowest BCUT2D eigenvalue weighted by Gasteiger charge is -2.32. The average Bonchev–Trinajstić information content (AvgIpc) is 2.48. The Morgan fingerprint density at radius 3 is 2.50 bits per heavy atom. The van der Waals surface area contributed by atoms with Crippen molar-refractivity contribution in [1.29, 1.82) is 0 Å². The summed E-state index contributed by atoms with van der Waals surface area (Å²) in [5, 5.41) is 0. The lowest BCUT2D eigenvalue weighted by molar-refractivity contribution is -0.112. The minimum Gasteiger partial charge on any atom is -0.377 e. The van der Waals surface area contributed by atoms with Crippen LogP contribution in [0.15, 0.2) is 0 Å². The molecule has 4 atom stereocenters. The molecule has 1 aliphatic rings. The van der Waals surface area contributed by atoms with Crippen LogP contribution in [0.4, 0.5) is 0 Å². The van der Waals surface area contributed by atoms with Crippen LogP contribution in [0.2, 0.25) is 0 Å². The zero-order valence-corrected chi connectivity index (χ0v) is 13.6. The monoisotopic (exact) mass is 306 g/mol. The molecule has 0 bridgehead atoms. The zero-order chi connectivity index (χ0) is 15.6. The summed E-state index contributed by atoms with van der Waals surface area (Å²) in [4.78, 5) is 9.72. The smallest absolute Gasteiger partial charge is 0.377 e. The molecule has 6 nitrogen and oxygen atoms in total. The van der Waals surface area contributed by atoms with Crippen LogP contribution in [-0.4, -0.2) is 49.3 Å². The molecule has 0 aromatic rings. The Morgan fingerprint density at radius 1 is 1.40 bits per heavy atom. The van der Waals surface area contributed by atoms with Crippen molar-refractivity contribution in [3.63, 3.8) is 0 Å². The van der Waals surface area contributed by atoms with Gasteiger partial charge >= 0.3 is 7.82 Å². The molecule has 116 valence electrons. The van der Waals surface area contributed by atoms with Gasteiger partial charge in [0, 0.05) is 6.00 Å². The summed E-state index contributed by atoms with van der Waals surface area (Å²) in [5.41, 5.74) is -0.873. The molecule has 1 heterocycles. The summed E-state index contributed by atoms with van der Waals surface area (Å²) in [6, 6.07) is -0.556. The van der Waals surface area contributed by atoms with E-state index in [-0.39, 0.29) is 12.7 Å². The van der Waals surface area contributed by atoms with Gasteiger partial charge in [0.2, 0.25) is 0 Å². The van der Waals surface area contributed by atoms with Crippen molar-refractivity contribution in [2.75, 3.05) is 6.61 Å². The molecule has 1 unspecified atom stereocenters. The van der Waals surface area contributed by atoms with E-state index < -0.39 is 31.6 Å². The molecule has 1 aliphatic heterocycles. The van der Waals surface area contributed by atoms with E-state index in [1.807, 2.05) is 13.8 Å². The summed E-state index contributed by atoms with van der Waals surface area (Å²) < 4.78 is 33.2. The van der Waals surface area contributed by atoms with Gasteiger partial charge in [-0.3, -0.25) is 9.05 Å². The average molecular weight is 306 g/mol.